The number of aliphatic carboxylic acids is 1. The maximum absolute atomic E-state index is 14.4. The summed E-state index contributed by atoms with van der Waals surface area (Å²) in [6, 6.07) is 11.5. The number of methoxy groups -OCH3 is 1. The predicted octanol–water partition coefficient (Wildman–Crippen LogP) is 3.73. The highest BCUT2D eigenvalue weighted by molar-refractivity contribution is 5.95. The number of ether oxygens (including phenoxy) is 1. The molecule has 0 radical (unpaired) electrons. The summed E-state index contributed by atoms with van der Waals surface area (Å²) in [4.78, 5) is 23.3. The van der Waals surface area contributed by atoms with Crippen LogP contribution in [0, 0.1) is 11.7 Å². The summed E-state index contributed by atoms with van der Waals surface area (Å²) >= 11 is 0. The van der Waals surface area contributed by atoms with Gasteiger partial charge in [-0.2, -0.15) is 0 Å². The minimum Gasteiger partial charge on any atom is -0.497 e. The van der Waals surface area contributed by atoms with Gasteiger partial charge in [0.2, 0.25) is 0 Å². The zero-order valence-corrected chi connectivity index (χ0v) is 14.8. The molecular weight excluding hydrogens is 337 g/mol. The number of nitrogens with one attached hydrogen (secondary N) is 1. The largest absolute Gasteiger partial charge is 0.497 e. The summed E-state index contributed by atoms with van der Waals surface area (Å²) in [6.07, 6.45) is 1.15. The highest BCUT2D eigenvalue weighted by Crippen LogP contribution is 2.24. The topological polar surface area (TPSA) is 75.6 Å². The van der Waals surface area contributed by atoms with Crippen LogP contribution in [-0.4, -0.2) is 30.6 Å². The number of rotatable bonds is 8. The standard InChI is InChI=1S/C20H22FNO4/c1-3-4-15(20(24)25)12-22-19(23)17-10-7-14(11-18(17)21)13-5-8-16(26-2)9-6-13/h5-11,15H,3-4,12H2,1-2H3,(H,22,23)(H,24,25). The number of carboxylic acid groups (broad SMARTS) is 1. The van der Waals surface area contributed by atoms with Gasteiger partial charge in [0.15, 0.2) is 0 Å². The summed E-state index contributed by atoms with van der Waals surface area (Å²) in [5.74, 6) is -2.22. The normalized spacial score (nSPS) is 11.7. The molecule has 0 aromatic heterocycles. The summed E-state index contributed by atoms with van der Waals surface area (Å²) < 4.78 is 19.5. The predicted molar refractivity (Wildman–Crippen MR) is 96.8 cm³/mol. The van der Waals surface area contributed by atoms with Crippen LogP contribution < -0.4 is 10.1 Å². The highest BCUT2D eigenvalue weighted by atomic mass is 19.1. The molecule has 138 valence electrons. The molecule has 0 aliphatic rings. The molecule has 0 aliphatic carbocycles. The molecule has 0 spiro atoms. The summed E-state index contributed by atoms with van der Waals surface area (Å²) in [7, 11) is 1.57. The number of carbonyl (C=O) groups is 2. The summed E-state index contributed by atoms with van der Waals surface area (Å²) in [5, 5.41) is 11.6. The van der Waals surface area contributed by atoms with Crippen molar-refractivity contribution < 1.29 is 23.8 Å². The molecule has 2 rings (SSSR count). The van der Waals surface area contributed by atoms with E-state index in [9.17, 15) is 14.0 Å². The van der Waals surface area contributed by atoms with Gasteiger partial charge in [-0.15, -0.1) is 0 Å². The van der Waals surface area contributed by atoms with Crippen LogP contribution in [-0.2, 0) is 4.79 Å². The Hall–Kier alpha value is -2.89. The van der Waals surface area contributed by atoms with Crippen LogP contribution in [0.15, 0.2) is 42.5 Å². The van der Waals surface area contributed by atoms with Crippen molar-refractivity contribution in [3.05, 3.63) is 53.8 Å². The van der Waals surface area contributed by atoms with E-state index in [0.717, 1.165) is 5.56 Å². The van der Waals surface area contributed by atoms with E-state index in [1.165, 1.54) is 12.1 Å². The van der Waals surface area contributed by atoms with E-state index in [1.54, 1.807) is 37.4 Å². The molecule has 0 saturated heterocycles. The number of carbonyl (C=O) groups excluding carboxylic acids is 1. The van der Waals surface area contributed by atoms with Crippen molar-refractivity contribution in [2.24, 2.45) is 5.92 Å². The van der Waals surface area contributed by atoms with Crippen LogP contribution in [0.3, 0.4) is 0 Å². The van der Waals surface area contributed by atoms with Crippen LogP contribution in [0.5, 0.6) is 5.75 Å². The Labute approximate surface area is 151 Å². The van der Waals surface area contributed by atoms with Crippen LogP contribution in [0.25, 0.3) is 11.1 Å². The minimum atomic E-state index is -0.970. The monoisotopic (exact) mass is 359 g/mol. The Bertz CT molecular complexity index is 774. The number of benzene rings is 2. The summed E-state index contributed by atoms with van der Waals surface area (Å²) in [5.41, 5.74) is 1.32. The maximum atomic E-state index is 14.4. The molecule has 26 heavy (non-hydrogen) atoms. The van der Waals surface area contributed by atoms with Crippen LogP contribution in [0.4, 0.5) is 4.39 Å². The molecule has 0 saturated carbocycles. The van der Waals surface area contributed by atoms with Crippen LogP contribution in [0.1, 0.15) is 30.1 Å². The van der Waals surface area contributed by atoms with E-state index >= 15 is 0 Å². The molecule has 0 fully saturated rings. The van der Waals surface area contributed by atoms with Gasteiger partial charge >= 0.3 is 5.97 Å². The van der Waals surface area contributed by atoms with Gasteiger partial charge in [-0.05, 0) is 41.8 Å². The molecule has 5 nitrogen and oxygen atoms in total. The minimum absolute atomic E-state index is 0.0261. The van der Waals surface area contributed by atoms with Crippen molar-refractivity contribution >= 4 is 11.9 Å². The Kier molecular flexibility index (Phi) is 6.72. The van der Waals surface area contributed by atoms with Crippen molar-refractivity contribution in [3.8, 4) is 16.9 Å². The van der Waals surface area contributed by atoms with Crippen LogP contribution >= 0.6 is 0 Å². The molecule has 0 bridgehead atoms. The number of amides is 1. The molecular formula is C20H22FNO4. The van der Waals surface area contributed by atoms with Crippen molar-refractivity contribution in [2.45, 2.75) is 19.8 Å². The molecule has 0 heterocycles. The van der Waals surface area contributed by atoms with Crippen molar-refractivity contribution in [3.63, 3.8) is 0 Å². The maximum Gasteiger partial charge on any atom is 0.308 e. The van der Waals surface area contributed by atoms with Gasteiger partial charge in [-0.1, -0.05) is 31.5 Å². The third-order valence-corrected chi connectivity index (χ3v) is 4.13. The van der Waals surface area contributed by atoms with Gasteiger partial charge in [0, 0.05) is 6.54 Å². The second-order valence-electron chi connectivity index (χ2n) is 5.96. The van der Waals surface area contributed by atoms with E-state index in [1.807, 2.05) is 6.92 Å². The van der Waals surface area contributed by atoms with Gasteiger partial charge in [-0.3, -0.25) is 9.59 Å². The third-order valence-electron chi connectivity index (χ3n) is 4.13. The smallest absolute Gasteiger partial charge is 0.308 e. The first kappa shape index (κ1) is 19.4. The molecule has 6 heteroatoms. The Balaban J connectivity index is 2.10. The lowest BCUT2D eigenvalue weighted by Gasteiger charge is -2.13. The first-order valence-electron chi connectivity index (χ1n) is 8.41. The van der Waals surface area contributed by atoms with Gasteiger partial charge in [-0.25, -0.2) is 4.39 Å². The first-order valence-corrected chi connectivity index (χ1v) is 8.41. The lowest BCUT2D eigenvalue weighted by molar-refractivity contribution is -0.141. The zero-order valence-electron chi connectivity index (χ0n) is 14.8. The van der Waals surface area contributed by atoms with Crippen LogP contribution in [0.2, 0.25) is 0 Å². The fourth-order valence-corrected chi connectivity index (χ4v) is 2.63. The van der Waals surface area contributed by atoms with E-state index in [0.29, 0.717) is 24.2 Å². The number of hydrogen-bond donors (Lipinski definition) is 2. The highest BCUT2D eigenvalue weighted by Gasteiger charge is 2.19. The zero-order chi connectivity index (χ0) is 19.1. The lowest BCUT2D eigenvalue weighted by Crippen LogP contribution is -2.33. The Morgan fingerprint density at radius 3 is 2.35 bits per heavy atom. The molecule has 2 N–H and O–H groups in total. The molecule has 1 atom stereocenters. The number of carboxylic acids is 1. The molecule has 2 aromatic carbocycles. The van der Waals surface area contributed by atoms with E-state index < -0.39 is 23.6 Å². The molecule has 1 unspecified atom stereocenters. The van der Waals surface area contributed by atoms with E-state index in [4.69, 9.17) is 9.84 Å². The second-order valence-corrected chi connectivity index (χ2v) is 5.96. The third kappa shape index (κ3) is 4.81. The average molecular weight is 359 g/mol. The average Bonchev–Trinajstić information content (AvgIpc) is 2.64. The lowest BCUT2D eigenvalue weighted by atomic mass is 10.0. The molecule has 1 amide bonds. The van der Waals surface area contributed by atoms with Crippen molar-refractivity contribution in [2.75, 3.05) is 13.7 Å². The summed E-state index contributed by atoms with van der Waals surface area (Å²) in [6.45, 7) is 1.84. The quantitative estimate of drug-likeness (QED) is 0.753. The van der Waals surface area contributed by atoms with Gasteiger partial charge < -0.3 is 15.2 Å². The van der Waals surface area contributed by atoms with Gasteiger partial charge in [0.1, 0.15) is 11.6 Å². The van der Waals surface area contributed by atoms with Crippen molar-refractivity contribution in [1.82, 2.24) is 5.32 Å². The van der Waals surface area contributed by atoms with Gasteiger partial charge in [0.25, 0.3) is 5.91 Å². The number of halogens is 1. The van der Waals surface area contributed by atoms with Crippen molar-refractivity contribution in [1.29, 1.82) is 0 Å². The van der Waals surface area contributed by atoms with E-state index in [2.05, 4.69) is 5.32 Å². The molecule has 2 aromatic rings. The Morgan fingerprint density at radius 2 is 1.81 bits per heavy atom. The van der Waals surface area contributed by atoms with Gasteiger partial charge in [0.05, 0.1) is 18.6 Å². The fourth-order valence-electron chi connectivity index (χ4n) is 2.63. The SMILES string of the molecule is CCCC(CNC(=O)c1ccc(-c2ccc(OC)cc2)cc1F)C(=O)O. The first-order chi connectivity index (χ1) is 12.5. The molecule has 0 aliphatic heterocycles. The second kappa shape index (κ2) is 8.99. The number of hydrogen-bond acceptors (Lipinski definition) is 3. The fraction of sp³-hybridized carbons (Fsp3) is 0.300. The Morgan fingerprint density at radius 1 is 1.15 bits per heavy atom. The van der Waals surface area contributed by atoms with E-state index in [-0.39, 0.29) is 12.1 Å².